The van der Waals surface area contributed by atoms with Crippen LogP contribution in [0, 0.1) is 11.3 Å². The predicted molar refractivity (Wildman–Crippen MR) is 51.4 cm³/mol. The van der Waals surface area contributed by atoms with Crippen LogP contribution in [-0.4, -0.2) is 13.7 Å². The van der Waals surface area contributed by atoms with Crippen LogP contribution in [0.4, 0.5) is 0 Å². The van der Waals surface area contributed by atoms with Gasteiger partial charge in [0, 0.05) is 12.1 Å². The first-order chi connectivity index (χ1) is 6.88. The minimum absolute atomic E-state index is 0.0595. The fourth-order valence-corrected chi connectivity index (χ4v) is 1.05. The summed E-state index contributed by atoms with van der Waals surface area (Å²) in [5.41, 5.74) is 3.68. The molecule has 0 atom stereocenters. The second kappa shape index (κ2) is 5.97. The quantitative estimate of drug-likeness (QED) is 0.713. The average Bonchev–Trinajstić information content (AvgIpc) is 2.24. The zero-order chi connectivity index (χ0) is 10.2. The number of rotatable bonds is 5. The number of nitrogens with one attached hydrogen (secondary N) is 1. The van der Waals surface area contributed by atoms with Gasteiger partial charge >= 0.3 is 0 Å². The summed E-state index contributed by atoms with van der Waals surface area (Å²) in [5.74, 6) is 0.707. The molecular formula is C10H12N2O2. The second-order valence-electron chi connectivity index (χ2n) is 2.58. The lowest BCUT2D eigenvalue weighted by atomic mass is 10.2. The van der Waals surface area contributed by atoms with Crippen LogP contribution in [0.5, 0.6) is 5.75 Å². The Morgan fingerprint density at radius 3 is 2.93 bits per heavy atom. The first-order valence-corrected chi connectivity index (χ1v) is 4.22. The molecule has 0 radical (unpaired) electrons. The molecule has 0 aromatic heterocycles. The number of hydroxylamine groups is 1. The van der Waals surface area contributed by atoms with Crippen LogP contribution in [0.15, 0.2) is 24.3 Å². The summed E-state index contributed by atoms with van der Waals surface area (Å²) >= 11 is 0. The zero-order valence-corrected chi connectivity index (χ0v) is 7.99. The van der Waals surface area contributed by atoms with E-state index < -0.39 is 0 Å². The van der Waals surface area contributed by atoms with E-state index in [1.54, 1.807) is 7.11 Å². The molecule has 0 fully saturated rings. The highest BCUT2D eigenvalue weighted by Gasteiger charge is 2.01. The van der Waals surface area contributed by atoms with Crippen LogP contribution >= 0.6 is 0 Å². The smallest absolute Gasteiger partial charge is 0.174 e. The van der Waals surface area contributed by atoms with Gasteiger partial charge < -0.3 is 9.57 Å². The molecule has 1 aromatic rings. The van der Waals surface area contributed by atoms with Crippen molar-refractivity contribution in [1.29, 1.82) is 5.26 Å². The van der Waals surface area contributed by atoms with Gasteiger partial charge in [-0.25, -0.2) is 0 Å². The highest BCUT2D eigenvalue weighted by molar-refractivity contribution is 5.33. The lowest BCUT2D eigenvalue weighted by molar-refractivity contribution is 0.0860. The van der Waals surface area contributed by atoms with Gasteiger partial charge in [-0.1, -0.05) is 18.2 Å². The van der Waals surface area contributed by atoms with E-state index in [4.69, 9.17) is 14.8 Å². The largest absolute Gasteiger partial charge is 0.478 e. The maximum atomic E-state index is 8.38. The number of benzene rings is 1. The Kier molecular flexibility index (Phi) is 4.48. The minimum atomic E-state index is 0.0595. The lowest BCUT2D eigenvalue weighted by Crippen LogP contribution is -2.12. The summed E-state index contributed by atoms with van der Waals surface area (Å²) in [5, 5.41) is 8.38. The maximum Gasteiger partial charge on any atom is 0.174 e. The van der Waals surface area contributed by atoms with Crippen LogP contribution in [0.1, 0.15) is 5.56 Å². The fourth-order valence-electron chi connectivity index (χ4n) is 1.05. The topological polar surface area (TPSA) is 54.3 Å². The van der Waals surface area contributed by atoms with Crippen molar-refractivity contribution in [3.05, 3.63) is 29.8 Å². The Morgan fingerprint density at radius 1 is 1.43 bits per heavy atom. The second-order valence-corrected chi connectivity index (χ2v) is 2.58. The Balaban J connectivity index is 2.65. The number of hydrogen-bond donors (Lipinski definition) is 1. The van der Waals surface area contributed by atoms with Crippen LogP contribution in [0.3, 0.4) is 0 Å². The molecular weight excluding hydrogens is 180 g/mol. The SMILES string of the molecule is CONCc1ccccc1OCC#N. The lowest BCUT2D eigenvalue weighted by Gasteiger charge is -2.08. The summed E-state index contributed by atoms with van der Waals surface area (Å²) in [4.78, 5) is 4.73. The summed E-state index contributed by atoms with van der Waals surface area (Å²) in [7, 11) is 1.55. The Morgan fingerprint density at radius 2 is 2.21 bits per heavy atom. The van der Waals surface area contributed by atoms with E-state index in [-0.39, 0.29) is 6.61 Å². The third-order valence-corrected chi connectivity index (χ3v) is 1.67. The number of nitrogens with zero attached hydrogens (tertiary/aromatic N) is 1. The van der Waals surface area contributed by atoms with Crippen LogP contribution in [0.25, 0.3) is 0 Å². The van der Waals surface area contributed by atoms with E-state index in [0.717, 1.165) is 5.56 Å². The van der Waals surface area contributed by atoms with Crippen LogP contribution in [-0.2, 0) is 11.4 Å². The minimum Gasteiger partial charge on any atom is -0.478 e. The average molecular weight is 192 g/mol. The molecule has 4 heteroatoms. The third-order valence-electron chi connectivity index (χ3n) is 1.67. The van der Waals surface area contributed by atoms with E-state index >= 15 is 0 Å². The number of hydrogen-bond acceptors (Lipinski definition) is 4. The molecule has 1 N–H and O–H groups in total. The Labute approximate surface area is 83.0 Å². The summed E-state index contributed by atoms with van der Waals surface area (Å²) < 4.78 is 5.23. The standard InChI is InChI=1S/C10H12N2O2/c1-13-12-8-9-4-2-3-5-10(9)14-7-6-11/h2-5,12H,7-8H2,1H3. The molecule has 0 saturated carbocycles. The predicted octanol–water partition coefficient (Wildman–Crippen LogP) is 1.24. The van der Waals surface area contributed by atoms with Crippen LogP contribution < -0.4 is 10.2 Å². The molecule has 4 nitrogen and oxygen atoms in total. The number of ether oxygens (including phenoxy) is 1. The van der Waals surface area contributed by atoms with Gasteiger partial charge in [0.2, 0.25) is 0 Å². The molecule has 0 aliphatic rings. The van der Waals surface area contributed by atoms with Crippen molar-refractivity contribution in [3.8, 4) is 11.8 Å². The summed E-state index contributed by atoms with van der Waals surface area (Å²) in [6.07, 6.45) is 0. The molecule has 0 unspecified atom stereocenters. The molecule has 1 rings (SSSR count). The highest BCUT2D eigenvalue weighted by Crippen LogP contribution is 2.17. The first-order valence-electron chi connectivity index (χ1n) is 4.22. The van der Waals surface area contributed by atoms with Crippen molar-refractivity contribution in [2.75, 3.05) is 13.7 Å². The van der Waals surface area contributed by atoms with Crippen molar-refractivity contribution in [1.82, 2.24) is 5.48 Å². The zero-order valence-electron chi connectivity index (χ0n) is 7.99. The van der Waals surface area contributed by atoms with E-state index in [2.05, 4.69) is 5.48 Å². The molecule has 74 valence electrons. The van der Waals surface area contributed by atoms with Crippen molar-refractivity contribution in [3.63, 3.8) is 0 Å². The van der Waals surface area contributed by atoms with Crippen molar-refractivity contribution in [2.45, 2.75) is 6.54 Å². The van der Waals surface area contributed by atoms with Gasteiger partial charge in [-0.2, -0.15) is 10.7 Å². The molecule has 0 spiro atoms. The van der Waals surface area contributed by atoms with Gasteiger partial charge in [-0.05, 0) is 6.07 Å². The molecule has 0 bridgehead atoms. The van der Waals surface area contributed by atoms with Gasteiger partial charge in [-0.15, -0.1) is 0 Å². The van der Waals surface area contributed by atoms with E-state index in [0.29, 0.717) is 12.3 Å². The van der Waals surface area contributed by atoms with Gasteiger partial charge in [-0.3, -0.25) is 0 Å². The number of para-hydroxylation sites is 1. The van der Waals surface area contributed by atoms with E-state index in [9.17, 15) is 0 Å². The van der Waals surface area contributed by atoms with Crippen molar-refractivity contribution in [2.24, 2.45) is 0 Å². The van der Waals surface area contributed by atoms with E-state index in [1.165, 1.54) is 0 Å². The molecule has 1 aromatic carbocycles. The molecule has 0 heterocycles. The van der Waals surface area contributed by atoms with Crippen LogP contribution in [0.2, 0.25) is 0 Å². The summed E-state index contributed by atoms with van der Waals surface area (Å²) in [6.45, 7) is 0.613. The molecule has 0 aliphatic heterocycles. The fraction of sp³-hybridized carbons (Fsp3) is 0.300. The maximum absolute atomic E-state index is 8.38. The van der Waals surface area contributed by atoms with E-state index in [1.807, 2.05) is 30.3 Å². The molecule has 0 amide bonds. The summed E-state index contributed by atoms with van der Waals surface area (Å²) in [6, 6.07) is 9.44. The van der Waals surface area contributed by atoms with Crippen molar-refractivity contribution >= 4 is 0 Å². The van der Waals surface area contributed by atoms with Gasteiger partial charge in [0.1, 0.15) is 11.8 Å². The first kappa shape index (κ1) is 10.5. The highest BCUT2D eigenvalue weighted by atomic mass is 16.6. The van der Waals surface area contributed by atoms with Crippen molar-refractivity contribution < 1.29 is 9.57 Å². The Bertz CT molecular complexity index is 320. The Hall–Kier alpha value is -1.57. The van der Waals surface area contributed by atoms with Gasteiger partial charge in [0.15, 0.2) is 6.61 Å². The molecule has 0 aliphatic carbocycles. The molecule has 0 saturated heterocycles. The van der Waals surface area contributed by atoms with Gasteiger partial charge in [0.05, 0.1) is 7.11 Å². The van der Waals surface area contributed by atoms with Gasteiger partial charge in [0.25, 0.3) is 0 Å². The normalized spacial score (nSPS) is 9.43. The molecule has 14 heavy (non-hydrogen) atoms. The third kappa shape index (κ3) is 3.05. The monoisotopic (exact) mass is 192 g/mol. The number of nitriles is 1.